The third kappa shape index (κ3) is 6.24. The number of fused-ring (bicyclic) bond motifs is 1. The fourth-order valence-electron chi connectivity index (χ4n) is 8.65. The molecule has 0 unspecified atom stereocenters. The lowest BCUT2D eigenvalue weighted by Crippen LogP contribution is -2.56. The van der Waals surface area contributed by atoms with Crippen LogP contribution < -0.4 is 10.6 Å². The van der Waals surface area contributed by atoms with Crippen molar-refractivity contribution in [3.63, 3.8) is 0 Å². The van der Waals surface area contributed by atoms with Gasteiger partial charge in [-0.1, -0.05) is 79.4 Å². The van der Waals surface area contributed by atoms with Crippen molar-refractivity contribution >= 4 is 35.0 Å². The number of amides is 3. The van der Waals surface area contributed by atoms with Crippen LogP contribution in [0.1, 0.15) is 56.9 Å². The highest BCUT2D eigenvalue weighted by atomic mass is 35.5. The normalized spacial score (nSPS) is 29.7. The van der Waals surface area contributed by atoms with Crippen molar-refractivity contribution in [2.24, 2.45) is 17.8 Å². The molecule has 0 aromatic heterocycles. The van der Waals surface area contributed by atoms with Crippen molar-refractivity contribution in [1.29, 1.82) is 0 Å². The maximum Gasteiger partial charge on any atom is 0.246 e. The summed E-state index contributed by atoms with van der Waals surface area (Å²) >= 11 is 6.16. The Kier molecular flexibility index (Phi) is 9.21. The molecule has 9 heteroatoms. The fourth-order valence-corrected chi connectivity index (χ4v) is 8.84. The Hall–Kier alpha value is -3.20. The van der Waals surface area contributed by atoms with Gasteiger partial charge in [0.05, 0.1) is 17.9 Å². The molecule has 0 radical (unpaired) electrons. The number of benzene rings is 2. The second-order valence-electron chi connectivity index (χ2n) is 13.9. The van der Waals surface area contributed by atoms with E-state index in [2.05, 4.69) is 45.9 Å². The van der Waals surface area contributed by atoms with Crippen LogP contribution in [0.5, 0.6) is 0 Å². The number of piperidine rings is 1. The van der Waals surface area contributed by atoms with Crippen molar-refractivity contribution in [2.75, 3.05) is 31.5 Å². The van der Waals surface area contributed by atoms with Crippen LogP contribution in [0.25, 0.3) is 0 Å². The lowest BCUT2D eigenvalue weighted by Gasteiger charge is -2.35. The summed E-state index contributed by atoms with van der Waals surface area (Å²) in [5, 5.41) is 6.75. The Morgan fingerprint density at radius 3 is 2.48 bits per heavy atom. The molecule has 4 fully saturated rings. The summed E-state index contributed by atoms with van der Waals surface area (Å²) in [6.45, 7) is 3.41. The molecule has 2 bridgehead atoms. The third-order valence-corrected chi connectivity index (χ3v) is 11.2. The third-order valence-electron chi connectivity index (χ3n) is 10.9. The minimum absolute atomic E-state index is 0.107. The number of nitrogens with zero attached hydrogens (tertiary/aromatic N) is 2. The predicted octanol–water partition coefficient (Wildman–Crippen LogP) is 5.22. The van der Waals surface area contributed by atoms with Crippen LogP contribution in [-0.2, 0) is 25.5 Å². The molecule has 4 aliphatic heterocycles. The average Bonchev–Trinajstić information content (AvgIpc) is 3.70. The van der Waals surface area contributed by atoms with Crippen LogP contribution >= 0.6 is 11.6 Å². The molecule has 3 amide bonds. The first-order valence-corrected chi connectivity index (χ1v) is 17.6. The minimum Gasteiger partial charge on any atom is -0.359 e. The molecule has 5 atom stereocenters. The van der Waals surface area contributed by atoms with E-state index in [9.17, 15) is 14.4 Å². The topological polar surface area (TPSA) is 91.0 Å². The number of carbonyl (C=O) groups is 3. The zero-order valence-electron chi connectivity index (χ0n) is 26.4. The number of halogens is 1. The standard InChI is InChI=1S/C37H45ClN4O4/c38-27-11-7-14-29(24-27)40-34(43)31-30-15-18-37(46-30)32(31)36(45)42(33(37)35(44)39-28-12-5-2-6-13-28)20-8-19-41-21-16-26(17-22-41)23-25-9-3-1-4-10-25/h1,3-4,7,9-11,14-15,18,24,26,28,30-33H,2,5-6,8,12-13,16-17,19-23H2,(H,39,44)(H,40,43)/t30-,31-,32-,33+,37-/m1/s1. The number of anilines is 1. The van der Waals surface area contributed by atoms with Crippen molar-refractivity contribution < 1.29 is 19.1 Å². The SMILES string of the molecule is O=C(Nc1cccc(Cl)c1)[C@@H]1[C@H]2C=C[C@]3(O2)[C@H](C(=O)NC2CCCCC2)N(CCCN2CCC(Cc4ccccc4)CC2)C(=O)[C@@H]13. The summed E-state index contributed by atoms with van der Waals surface area (Å²) in [5.41, 5.74) is 0.827. The second kappa shape index (κ2) is 13.5. The summed E-state index contributed by atoms with van der Waals surface area (Å²) in [6.07, 6.45) is 12.7. The molecular formula is C37H45ClN4O4. The number of rotatable bonds is 10. The fraction of sp³-hybridized carbons (Fsp3) is 0.541. The molecule has 1 spiro atoms. The van der Waals surface area contributed by atoms with E-state index in [1.165, 1.54) is 24.8 Å². The first kappa shape index (κ1) is 31.4. The summed E-state index contributed by atoms with van der Waals surface area (Å²) in [5.74, 6) is -1.40. The molecule has 244 valence electrons. The van der Waals surface area contributed by atoms with Crippen molar-refractivity contribution in [2.45, 2.75) is 81.6 Å². The Bertz CT molecular complexity index is 1450. The molecular weight excluding hydrogens is 600 g/mol. The Labute approximate surface area is 276 Å². The highest BCUT2D eigenvalue weighted by Crippen LogP contribution is 2.55. The lowest BCUT2D eigenvalue weighted by atomic mass is 9.74. The minimum atomic E-state index is -1.15. The zero-order valence-corrected chi connectivity index (χ0v) is 27.2. The van der Waals surface area contributed by atoms with Gasteiger partial charge in [0.15, 0.2) is 0 Å². The van der Waals surface area contributed by atoms with Gasteiger partial charge in [0.2, 0.25) is 17.7 Å². The highest BCUT2D eigenvalue weighted by molar-refractivity contribution is 6.30. The van der Waals surface area contributed by atoms with Gasteiger partial charge in [0, 0.05) is 23.3 Å². The van der Waals surface area contributed by atoms with E-state index in [-0.39, 0.29) is 23.8 Å². The van der Waals surface area contributed by atoms with E-state index in [1.54, 1.807) is 29.2 Å². The molecule has 3 saturated heterocycles. The number of likely N-dealkylation sites (tertiary alicyclic amines) is 2. The van der Waals surface area contributed by atoms with Crippen LogP contribution in [0.15, 0.2) is 66.7 Å². The number of nitrogens with one attached hydrogen (secondary N) is 2. The van der Waals surface area contributed by atoms with Crippen molar-refractivity contribution in [3.8, 4) is 0 Å². The first-order chi connectivity index (χ1) is 22.4. The van der Waals surface area contributed by atoms with E-state index >= 15 is 0 Å². The molecule has 46 heavy (non-hydrogen) atoms. The molecule has 1 saturated carbocycles. The van der Waals surface area contributed by atoms with Gasteiger partial charge in [-0.25, -0.2) is 0 Å². The zero-order chi connectivity index (χ0) is 31.7. The van der Waals surface area contributed by atoms with E-state index in [4.69, 9.17) is 16.3 Å². The van der Waals surface area contributed by atoms with E-state index < -0.39 is 29.6 Å². The molecule has 2 aromatic rings. The van der Waals surface area contributed by atoms with Gasteiger partial charge in [-0.2, -0.15) is 0 Å². The number of hydrogen-bond donors (Lipinski definition) is 2. The van der Waals surface area contributed by atoms with E-state index in [1.807, 2.05) is 12.2 Å². The van der Waals surface area contributed by atoms with E-state index in [0.717, 1.165) is 58.2 Å². The highest BCUT2D eigenvalue weighted by Gasteiger charge is 2.72. The number of hydrogen-bond acceptors (Lipinski definition) is 5. The summed E-state index contributed by atoms with van der Waals surface area (Å²) in [7, 11) is 0. The molecule has 8 nitrogen and oxygen atoms in total. The predicted molar refractivity (Wildman–Crippen MR) is 178 cm³/mol. The van der Waals surface area contributed by atoms with Crippen LogP contribution in [0, 0.1) is 17.8 Å². The molecule has 5 aliphatic rings. The molecule has 2 aromatic carbocycles. The van der Waals surface area contributed by atoms with Gasteiger partial charge < -0.3 is 25.2 Å². The maximum atomic E-state index is 14.3. The number of ether oxygens (including phenoxy) is 1. The largest absolute Gasteiger partial charge is 0.359 e. The van der Waals surface area contributed by atoms with Gasteiger partial charge in [-0.3, -0.25) is 14.4 Å². The van der Waals surface area contributed by atoms with Crippen molar-refractivity contribution in [3.05, 3.63) is 77.3 Å². The average molecular weight is 645 g/mol. The summed E-state index contributed by atoms with van der Waals surface area (Å²) in [4.78, 5) is 46.4. The van der Waals surface area contributed by atoms with Gasteiger partial charge in [0.25, 0.3) is 0 Å². The smallest absolute Gasteiger partial charge is 0.246 e. The van der Waals surface area contributed by atoms with Crippen LogP contribution in [-0.4, -0.2) is 77.5 Å². The summed E-state index contributed by atoms with van der Waals surface area (Å²) in [6, 6.07) is 17.0. The molecule has 7 rings (SSSR count). The molecule has 2 N–H and O–H groups in total. The maximum absolute atomic E-state index is 14.3. The van der Waals surface area contributed by atoms with Crippen LogP contribution in [0.3, 0.4) is 0 Å². The lowest BCUT2D eigenvalue weighted by molar-refractivity contribution is -0.141. The second-order valence-corrected chi connectivity index (χ2v) is 14.3. The molecule has 4 heterocycles. The Morgan fingerprint density at radius 1 is 0.935 bits per heavy atom. The number of carbonyl (C=O) groups excluding carboxylic acids is 3. The van der Waals surface area contributed by atoms with Crippen LogP contribution in [0.2, 0.25) is 5.02 Å². The van der Waals surface area contributed by atoms with Gasteiger partial charge >= 0.3 is 0 Å². The van der Waals surface area contributed by atoms with Crippen molar-refractivity contribution in [1.82, 2.24) is 15.1 Å². The quantitative estimate of drug-likeness (QED) is 0.346. The van der Waals surface area contributed by atoms with Gasteiger partial charge in [0.1, 0.15) is 11.6 Å². The van der Waals surface area contributed by atoms with E-state index in [0.29, 0.717) is 23.2 Å². The molecule has 1 aliphatic carbocycles. The monoisotopic (exact) mass is 644 g/mol. The van der Waals surface area contributed by atoms with Gasteiger partial charge in [-0.15, -0.1) is 0 Å². The van der Waals surface area contributed by atoms with Crippen LogP contribution in [0.4, 0.5) is 5.69 Å². The Balaban J connectivity index is 1.04. The first-order valence-electron chi connectivity index (χ1n) is 17.2. The Morgan fingerprint density at radius 2 is 1.72 bits per heavy atom. The van der Waals surface area contributed by atoms with Gasteiger partial charge in [-0.05, 0) is 87.8 Å². The summed E-state index contributed by atoms with van der Waals surface area (Å²) < 4.78 is 6.53.